The average Bonchev–Trinajstić information content (AvgIpc) is 2.92. The Morgan fingerprint density at radius 2 is 1.82 bits per heavy atom. The van der Waals surface area contributed by atoms with E-state index in [1.807, 2.05) is 12.2 Å². The van der Waals surface area contributed by atoms with Crippen LogP contribution in [-0.4, -0.2) is 0 Å². The van der Waals surface area contributed by atoms with Crippen LogP contribution in [-0.2, 0) is 26.2 Å². The molecule has 0 spiro atoms. The Balaban J connectivity index is 0. The van der Waals surface area contributed by atoms with Gasteiger partial charge in [0.15, 0.2) is 0 Å². The summed E-state index contributed by atoms with van der Waals surface area (Å²) in [5, 5.41) is 2.66. The monoisotopic (exact) mass is 308 g/mol. The molecule has 3 heteroatoms. The van der Waals surface area contributed by atoms with Gasteiger partial charge in [-0.15, -0.1) is 36.1 Å². The summed E-state index contributed by atoms with van der Waals surface area (Å²) >= 11 is 0. The third-order valence-corrected chi connectivity index (χ3v) is 2.13. The minimum absolute atomic E-state index is 0. The molecule has 0 N–H and O–H groups in total. The van der Waals surface area contributed by atoms with Gasteiger partial charge in [0, 0.05) is 0 Å². The molecule has 0 amide bonds. The first-order valence-electron chi connectivity index (χ1n) is 4.79. The van der Waals surface area contributed by atoms with Crippen molar-refractivity contribution >= 4 is 10.8 Å². The van der Waals surface area contributed by atoms with Gasteiger partial charge in [0.1, 0.15) is 0 Å². The smallest absolute Gasteiger partial charge is 1.00 e. The number of fused-ring (bicyclic) bond motifs is 1. The van der Waals surface area contributed by atoms with Crippen LogP contribution in [0.15, 0.2) is 60.7 Å². The summed E-state index contributed by atoms with van der Waals surface area (Å²) in [6.07, 6.45) is 10.0. The maximum atomic E-state index is 2.99. The number of rotatable bonds is 0. The Kier molecular flexibility index (Phi) is 11.1. The fourth-order valence-electron chi connectivity index (χ4n) is 1.41. The zero-order valence-corrected chi connectivity index (χ0v) is 11.7. The molecule has 17 heavy (non-hydrogen) atoms. The molecular formula is C14H12F2Zr. The second kappa shape index (κ2) is 10.2. The van der Waals surface area contributed by atoms with E-state index in [0.29, 0.717) is 0 Å². The van der Waals surface area contributed by atoms with Gasteiger partial charge in [-0.3, -0.25) is 6.08 Å². The first kappa shape index (κ1) is 18.4. The molecule has 1 aliphatic carbocycles. The fraction of sp³-hybridized carbons (Fsp3) is 0.0714. The van der Waals surface area contributed by atoms with Crippen LogP contribution in [0.1, 0.15) is 6.42 Å². The summed E-state index contributed by atoms with van der Waals surface area (Å²) in [6, 6.07) is 14.7. The van der Waals surface area contributed by atoms with Gasteiger partial charge in [0.2, 0.25) is 0 Å². The molecule has 0 heterocycles. The maximum Gasteiger partial charge on any atom is 4.00 e. The zero-order valence-electron chi connectivity index (χ0n) is 9.24. The van der Waals surface area contributed by atoms with Crippen molar-refractivity contribution in [1.82, 2.24) is 0 Å². The molecule has 0 saturated carbocycles. The summed E-state index contributed by atoms with van der Waals surface area (Å²) in [7, 11) is 0. The van der Waals surface area contributed by atoms with Crippen LogP contribution < -0.4 is 9.41 Å². The molecule has 0 nitrogen and oxygen atoms in total. The summed E-state index contributed by atoms with van der Waals surface area (Å²) in [5.41, 5.74) is 0. The molecule has 0 atom stereocenters. The van der Waals surface area contributed by atoms with Gasteiger partial charge in [0.05, 0.1) is 0 Å². The van der Waals surface area contributed by atoms with Gasteiger partial charge in [-0.25, -0.2) is 12.2 Å². The SMILES string of the molecule is [C-]1=CC=CC1.[F-].[F-].[Zr+4].c1ccc2[cH-]ccc2c1. The first-order valence-corrected chi connectivity index (χ1v) is 4.79. The molecular weight excluding hydrogens is 297 g/mol. The van der Waals surface area contributed by atoms with E-state index >= 15 is 0 Å². The number of hydrogen-bond acceptors (Lipinski definition) is 0. The Labute approximate surface area is 119 Å². The minimum Gasteiger partial charge on any atom is -1.00 e. The van der Waals surface area contributed by atoms with E-state index in [1.54, 1.807) is 0 Å². The van der Waals surface area contributed by atoms with Crippen molar-refractivity contribution in [3.8, 4) is 0 Å². The molecule has 3 rings (SSSR count). The predicted octanol–water partition coefficient (Wildman–Crippen LogP) is -2.13. The molecule has 86 valence electrons. The molecule has 0 saturated heterocycles. The van der Waals surface area contributed by atoms with Crippen LogP contribution in [0.4, 0.5) is 0 Å². The van der Waals surface area contributed by atoms with Crippen LogP contribution in [0.3, 0.4) is 0 Å². The van der Waals surface area contributed by atoms with Crippen molar-refractivity contribution in [2.24, 2.45) is 0 Å². The van der Waals surface area contributed by atoms with Crippen LogP contribution in [0, 0.1) is 6.08 Å². The van der Waals surface area contributed by atoms with E-state index in [-0.39, 0.29) is 35.6 Å². The van der Waals surface area contributed by atoms with Gasteiger partial charge in [0.25, 0.3) is 0 Å². The summed E-state index contributed by atoms with van der Waals surface area (Å²) < 4.78 is 0. The molecule has 0 aromatic heterocycles. The maximum absolute atomic E-state index is 2.99. The van der Waals surface area contributed by atoms with Crippen LogP contribution in [0.5, 0.6) is 0 Å². The largest absolute Gasteiger partial charge is 4.00 e. The van der Waals surface area contributed by atoms with Gasteiger partial charge in [-0.1, -0.05) is 6.07 Å². The van der Waals surface area contributed by atoms with E-state index in [2.05, 4.69) is 54.6 Å². The molecule has 0 radical (unpaired) electrons. The fourth-order valence-corrected chi connectivity index (χ4v) is 1.41. The van der Waals surface area contributed by atoms with Crippen LogP contribution in [0.2, 0.25) is 0 Å². The predicted molar refractivity (Wildman–Crippen MR) is 61.1 cm³/mol. The number of benzene rings is 1. The number of hydrogen-bond donors (Lipinski definition) is 0. The van der Waals surface area contributed by atoms with Gasteiger partial charge in [-0.2, -0.15) is 23.6 Å². The molecule has 0 unspecified atom stereocenters. The third-order valence-electron chi connectivity index (χ3n) is 2.13. The number of halogens is 2. The molecule has 0 aliphatic heterocycles. The van der Waals surface area contributed by atoms with E-state index in [4.69, 9.17) is 0 Å². The summed E-state index contributed by atoms with van der Waals surface area (Å²) in [4.78, 5) is 0. The standard InChI is InChI=1S/C9H7.C5H5.2FH.Zr/c1-2-5-9-7-3-6-8(9)4-1;1-2-4-5-3-1;;;/h1-7H;1-3H,4H2;2*1H;/q2*-1;;;+4/p-2. The van der Waals surface area contributed by atoms with Crippen molar-refractivity contribution in [3.05, 3.63) is 66.8 Å². The number of allylic oxidation sites excluding steroid dienone is 4. The Morgan fingerprint density at radius 3 is 2.35 bits per heavy atom. The van der Waals surface area contributed by atoms with Crippen LogP contribution in [0.25, 0.3) is 10.8 Å². The Morgan fingerprint density at radius 1 is 1.06 bits per heavy atom. The normalized spacial score (nSPS) is 10.6. The van der Waals surface area contributed by atoms with Crippen molar-refractivity contribution in [2.45, 2.75) is 6.42 Å². The molecule has 0 bridgehead atoms. The quantitative estimate of drug-likeness (QED) is 0.488. The second-order valence-corrected chi connectivity index (χ2v) is 3.16. The van der Waals surface area contributed by atoms with Crippen molar-refractivity contribution in [2.75, 3.05) is 0 Å². The third kappa shape index (κ3) is 5.79. The Hall–Kier alpha value is -0.947. The van der Waals surface area contributed by atoms with Gasteiger partial charge in [-0.05, 0) is 0 Å². The molecule has 0 fully saturated rings. The van der Waals surface area contributed by atoms with Crippen molar-refractivity contribution < 1.29 is 35.6 Å². The van der Waals surface area contributed by atoms with Crippen LogP contribution >= 0.6 is 0 Å². The van der Waals surface area contributed by atoms with E-state index in [9.17, 15) is 0 Å². The van der Waals surface area contributed by atoms with Gasteiger partial charge >= 0.3 is 26.2 Å². The topological polar surface area (TPSA) is 0 Å². The average molecular weight is 309 g/mol. The van der Waals surface area contributed by atoms with E-state index < -0.39 is 0 Å². The first-order chi connectivity index (χ1) is 6.97. The molecule has 1 aliphatic rings. The van der Waals surface area contributed by atoms with Crippen molar-refractivity contribution in [3.63, 3.8) is 0 Å². The second-order valence-electron chi connectivity index (χ2n) is 3.16. The molecule has 2 aromatic carbocycles. The summed E-state index contributed by atoms with van der Waals surface area (Å²) in [5.74, 6) is 0. The zero-order chi connectivity index (χ0) is 9.64. The van der Waals surface area contributed by atoms with Gasteiger partial charge < -0.3 is 9.41 Å². The van der Waals surface area contributed by atoms with E-state index in [0.717, 1.165) is 6.42 Å². The minimum atomic E-state index is 0. The van der Waals surface area contributed by atoms with E-state index in [1.165, 1.54) is 10.8 Å². The summed E-state index contributed by atoms with van der Waals surface area (Å²) in [6.45, 7) is 0. The van der Waals surface area contributed by atoms with Crippen molar-refractivity contribution in [1.29, 1.82) is 0 Å². The molecule has 2 aromatic rings. The Bertz CT molecular complexity index is 418.